The Morgan fingerprint density at radius 2 is 2.11 bits per heavy atom. The summed E-state index contributed by atoms with van der Waals surface area (Å²) in [5.74, 6) is -1.81. The maximum Gasteiger partial charge on any atom is 0.237 e. The Balaban J connectivity index is 2.20. The predicted molar refractivity (Wildman–Crippen MR) is 71.3 cm³/mol. The third kappa shape index (κ3) is 2.65. The molecule has 1 aliphatic rings. The second-order valence-corrected chi connectivity index (χ2v) is 4.77. The maximum absolute atomic E-state index is 12.4. The lowest BCUT2D eigenvalue weighted by Crippen LogP contribution is -2.45. The zero-order chi connectivity index (χ0) is 13.8. The highest BCUT2D eigenvalue weighted by Crippen LogP contribution is 2.26. The molecular weight excluding hydrogens is 240 g/mol. The van der Waals surface area contributed by atoms with Crippen molar-refractivity contribution in [2.24, 2.45) is 11.8 Å². The molecule has 2 rings (SSSR count). The van der Waals surface area contributed by atoms with Crippen molar-refractivity contribution in [2.45, 2.75) is 19.8 Å². The average molecular weight is 256 g/mol. The number of Topliss-reactive ketones (excluding diaryl/α,β-unsaturated/α-hetero) is 1. The Morgan fingerprint density at radius 3 is 2.74 bits per heavy atom. The van der Waals surface area contributed by atoms with Crippen LogP contribution < -0.4 is 4.90 Å². The minimum atomic E-state index is -0.718. The van der Waals surface area contributed by atoms with E-state index in [1.165, 1.54) is 0 Å². The summed E-state index contributed by atoms with van der Waals surface area (Å²) in [6.45, 7) is 2.19. The van der Waals surface area contributed by atoms with E-state index in [0.717, 1.165) is 12.1 Å². The van der Waals surface area contributed by atoms with Gasteiger partial charge in [0, 0.05) is 12.2 Å². The van der Waals surface area contributed by atoms with Crippen LogP contribution in [0.25, 0.3) is 0 Å². The first-order chi connectivity index (χ1) is 9.15. The normalized spacial score (nSPS) is 20.7. The number of amides is 1. The van der Waals surface area contributed by atoms with Gasteiger partial charge in [0.05, 0.1) is 12.0 Å². The summed E-state index contributed by atoms with van der Waals surface area (Å²) in [4.78, 5) is 26.1. The quantitative estimate of drug-likeness (QED) is 0.778. The fourth-order valence-electron chi connectivity index (χ4n) is 2.37. The Kier molecular flexibility index (Phi) is 3.96. The Bertz CT molecular complexity index is 519. The summed E-state index contributed by atoms with van der Waals surface area (Å²) in [6.07, 6.45) is 1.34. The molecule has 0 radical (unpaired) electrons. The van der Waals surface area contributed by atoms with Gasteiger partial charge in [-0.05, 0) is 31.9 Å². The molecule has 4 nitrogen and oxygen atoms in total. The molecule has 0 bridgehead atoms. The van der Waals surface area contributed by atoms with Crippen LogP contribution in [0.1, 0.15) is 19.8 Å². The van der Waals surface area contributed by atoms with Crippen LogP contribution in [-0.4, -0.2) is 18.2 Å². The standard InChI is InChI=1S/C15H16N2O2/c1-11(10-16)14(18)13-8-5-9-17(15(13)19)12-6-3-2-4-7-12/h2-4,6-7,11,13H,5,8-9H2,1H3/t11-,13+/m0/s1. The van der Waals surface area contributed by atoms with Crippen molar-refractivity contribution in [3.63, 3.8) is 0 Å². The van der Waals surface area contributed by atoms with Gasteiger partial charge in [0.15, 0.2) is 5.78 Å². The lowest BCUT2D eigenvalue weighted by Gasteiger charge is -2.32. The Hall–Kier alpha value is -2.15. The number of hydrogen-bond acceptors (Lipinski definition) is 3. The van der Waals surface area contributed by atoms with Crippen molar-refractivity contribution in [3.05, 3.63) is 30.3 Å². The van der Waals surface area contributed by atoms with Gasteiger partial charge in [0.25, 0.3) is 0 Å². The summed E-state index contributed by atoms with van der Waals surface area (Å²) >= 11 is 0. The second-order valence-electron chi connectivity index (χ2n) is 4.77. The molecule has 0 unspecified atom stereocenters. The Labute approximate surface area is 112 Å². The molecule has 98 valence electrons. The number of nitriles is 1. The van der Waals surface area contributed by atoms with Gasteiger partial charge in [-0.2, -0.15) is 5.26 Å². The molecule has 0 N–H and O–H groups in total. The molecule has 1 fully saturated rings. The number of para-hydroxylation sites is 1. The van der Waals surface area contributed by atoms with E-state index >= 15 is 0 Å². The summed E-state index contributed by atoms with van der Waals surface area (Å²) in [5, 5.41) is 8.81. The first-order valence-electron chi connectivity index (χ1n) is 6.45. The van der Waals surface area contributed by atoms with Crippen LogP contribution >= 0.6 is 0 Å². The van der Waals surface area contributed by atoms with E-state index in [-0.39, 0.29) is 11.7 Å². The lowest BCUT2D eigenvalue weighted by atomic mass is 9.87. The van der Waals surface area contributed by atoms with Gasteiger partial charge in [-0.15, -0.1) is 0 Å². The number of anilines is 1. The number of benzene rings is 1. The predicted octanol–water partition coefficient (Wildman–Crippen LogP) is 2.16. The molecule has 0 spiro atoms. The largest absolute Gasteiger partial charge is 0.312 e. The highest BCUT2D eigenvalue weighted by atomic mass is 16.2. The van der Waals surface area contributed by atoms with Crippen molar-refractivity contribution in [1.82, 2.24) is 0 Å². The summed E-state index contributed by atoms with van der Waals surface area (Å²) in [5.41, 5.74) is 0.814. The molecule has 0 saturated carbocycles. The van der Waals surface area contributed by atoms with Crippen molar-refractivity contribution in [3.8, 4) is 6.07 Å². The van der Waals surface area contributed by atoms with Gasteiger partial charge >= 0.3 is 0 Å². The minimum Gasteiger partial charge on any atom is -0.312 e. The first-order valence-corrected chi connectivity index (χ1v) is 6.45. The van der Waals surface area contributed by atoms with Gasteiger partial charge in [-0.1, -0.05) is 18.2 Å². The highest BCUT2D eigenvalue weighted by molar-refractivity contribution is 6.10. The monoisotopic (exact) mass is 256 g/mol. The van der Waals surface area contributed by atoms with E-state index in [1.807, 2.05) is 36.4 Å². The zero-order valence-corrected chi connectivity index (χ0v) is 10.9. The van der Waals surface area contributed by atoms with E-state index in [9.17, 15) is 9.59 Å². The minimum absolute atomic E-state index is 0.176. The molecular formula is C15H16N2O2. The van der Waals surface area contributed by atoms with E-state index < -0.39 is 11.8 Å². The molecule has 1 aromatic carbocycles. The smallest absolute Gasteiger partial charge is 0.237 e. The van der Waals surface area contributed by atoms with Crippen molar-refractivity contribution < 1.29 is 9.59 Å². The number of carbonyl (C=O) groups excluding carboxylic acids is 2. The number of ketones is 1. The summed E-state index contributed by atoms with van der Waals surface area (Å²) in [6, 6.07) is 11.3. The molecule has 1 aromatic rings. The van der Waals surface area contributed by atoms with Crippen molar-refractivity contribution in [2.75, 3.05) is 11.4 Å². The van der Waals surface area contributed by atoms with Crippen molar-refractivity contribution >= 4 is 17.4 Å². The number of hydrogen-bond donors (Lipinski definition) is 0. The van der Waals surface area contributed by atoms with Gasteiger partial charge < -0.3 is 4.90 Å². The molecule has 1 aliphatic heterocycles. The van der Waals surface area contributed by atoms with E-state index in [2.05, 4.69) is 0 Å². The average Bonchev–Trinajstić information content (AvgIpc) is 2.47. The van der Waals surface area contributed by atoms with E-state index in [4.69, 9.17) is 5.26 Å². The lowest BCUT2D eigenvalue weighted by molar-refractivity contribution is -0.135. The molecule has 4 heteroatoms. The van der Waals surface area contributed by atoms with Crippen LogP contribution in [0.2, 0.25) is 0 Å². The molecule has 1 amide bonds. The highest BCUT2D eigenvalue weighted by Gasteiger charge is 2.36. The fraction of sp³-hybridized carbons (Fsp3) is 0.400. The molecule has 19 heavy (non-hydrogen) atoms. The molecule has 1 heterocycles. The van der Waals surface area contributed by atoms with E-state index in [1.54, 1.807) is 11.8 Å². The number of nitrogens with zero attached hydrogens (tertiary/aromatic N) is 2. The van der Waals surface area contributed by atoms with Crippen LogP contribution in [0.4, 0.5) is 5.69 Å². The van der Waals surface area contributed by atoms with Crippen LogP contribution in [0.5, 0.6) is 0 Å². The van der Waals surface area contributed by atoms with Gasteiger partial charge in [0.1, 0.15) is 5.92 Å². The first kappa shape index (κ1) is 13.3. The third-order valence-corrected chi connectivity index (χ3v) is 3.47. The summed E-state index contributed by atoms with van der Waals surface area (Å²) < 4.78 is 0. The number of carbonyl (C=O) groups is 2. The van der Waals surface area contributed by atoms with Crippen LogP contribution in [0.3, 0.4) is 0 Å². The second kappa shape index (κ2) is 5.66. The third-order valence-electron chi connectivity index (χ3n) is 3.47. The molecule has 2 atom stereocenters. The van der Waals surface area contributed by atoms with Crippen LogP contribution in [0.15, 0.2) is 30.3 Å². The molecule has 0 aromatic heterocycles. The molecule has 1 saturated heterocycles. The number of piperidine rings is 1. The number of rotatable bonds is 3. The SMILES string of the molecule is C[C@@H](C#N)C(=O)[C@H]1CCCN(c2ccccc2)C1=O. The van der Waals surface area contributed by atoms with Gasteiger partial charge in [-0.25, -0.2) is 0 Å². The van der Waals surface area contributed by atoms with E-state index in [0.29, 0.717) is 13.0 Å². The zero-order valence-electron chi connectivity index (χ0n) is 10.9. The Morgan fingerprint density at radius 1 is 1.42 bits per heavy atom. The maximum atomic E-state index is 12.4. The van der Waals surface area contributed by atoms with Crippen LogP contribution in [-0.2, 0) is 9.59 Å². The summed E-state index contributed by atoms with van der Waals surface area (Å²) in [7, 11) is 0. The van der Waals surface area contributed by atoms with Crippen LogP contribution in [0, 0.1) is 23.2 Å². The van der Waals surface area contributed by atoms with Gasteiger partial charge in [-0.3, -0.25) is 9.59 Å². The fourth-order valence-corrected chi connectivity index (χ4v) is 2.37. The topological polar surface area (TPSA) is 61.2 Å². The molecule has 0 aliphatic carbocycles. The van der Waals surface area contributed by atoms with Gasteiger partial charge in [0.2, 0.25) is 5.91 Å². The van der Waals surface area contributed by atoms with Crippen molar-refractivity contribution in [1.29, 1.82) is 5.26 Å².